The maximum Gasteiger partial charge on any atom is 0.134 e. The van der Waals surface area contributed by atoms with Gasteiger partial charge >= 0.3 is 0 Å². The van der Waals surface area contributed by atoms with E-state index < -0.39 is 0 Å². The van der Waals surface area contributed by atoms with Gasteiger partial charge in [0.15, 0.2) is 0 Å². The van der Waals surface area contributed by atoms with Crippen molar-refractivity contribution in [1.82, 2.24) is 19.9 Å². The molecule has 2 rings (SSSR count). The molecular formula is C12H15N5. The van der Waals surface area contributed by atoms with Gasteiger partial charge in [0.25, 0.3) is 0 Å². The lowest BCUT2D eigenvalue weighted by Crippen LogP contribution is -2.06. The molecule has 5 nitrogen and oxygen atoms in total. The summed E-state index contributed by atoms with van der Waals surface area (Å²) in [6.07, 6.45) is 4.95. The van der Waals surface area contributed by atoms with Crippen LogP contribution in [0.3, 0.4) is 0 Å². The van der Waals surface area contributed by atoms with E-state index in [-0.39, 0.29) is 5.92 Å². The number of nitrogen functional groups attached to an aromatic ring is 1. The van der Waals surface area contributed by atoms with E-state index in [1.165, 1.54) is 0 Å². The number of rotatable bonds is 2. The molecule has 0 bridgehead atoms. The van der Waals surface area contributed by atoms with Crippen LogP contribution in [0.25, 0.3) is 11.4 Å². The van der Waals surface area contributed by atoms with Gasteiger partial charge in [0.1, 0.15) is 17.3 Å². The molecule has 2 heterocycles. The molecule has 0 unspecified atom stereocenters. The molecule has 88 valence electrons. The monoisotopic (exact) mass is 229 g/mol. The normalized spacial score (nSPS) is 10.8. The Morgan fingerprint density at radius 2 is 1.94 bits per heavy atom. The molecule has 0 atom stereocenters. The summed E-state index contributed by atoms with van der Waals surface area (Å²) in [5.41, 5.74) is 8.22. The Morgan fingerprint density at radius 1 is 1.18 bits per heavy atom. The van der Waals surface area contributed by atoms with Crippen molar-refractivity contribution in [2.24, 2.45) is 0 Å². The van der Waals surface area contributed by atoms with E-state index >= 15 is 0 Å². The molecule has 0 saturated carbocycles. The summed E-state index contributed by atoms with van der Waals surface area (Å²) in [6.45, 7) is 5.96. The van der Waals surface area contributed by atoms with Gasteiger partial charge in [0.2, 0.25) is 0 Å². The van der Waals surface area contributed by atoms with Crippen molar-refractivity contribution in [3.63, 3.8) is 0 Å². The molecule has 0 fully saturated rings. The van der Waals surface area contributed by atoms with Gasteiger partial charge in [0.05, 0.1) is 11.9 Å². The first-order valence-corrected chi connectivity index (χ1v) is 5.50. The summed E-state index contributed by atoms with van der Waals surface area (Å²) in [5, 5.41) is 0. The number of hydrogen-bond donors (Lipinski definition) is 1. The molecule has 0 aliphatic carbocycles. The van der Waals surface area contributed by atoms with Gasteiger partial charge in [0, 0.05) is 23.9 Å². The Kier molecular flexibility index (Phi) is 2.99. The highest BCUT2D eigenvalue weighted by Gasteiger charge is 2.13. The molecule has 0 aromatic carbocycles. The fourth-order valence-electron chi connectivity index (χ4n) is 1.48. The molecule has 0 spiro atoms. The number of nitrogens with two attached hydrogens (primary N) is 1. The van der Waals surface area contributed by atoms with Crippen molar-refractivity contribution >= 4 is 5.82 Å². The quantitative estimate of drug-likeness (QED) is 0.851. The summed E-state index contributed by atoms with van der Waals surface area (Å²) < 4.78 is 0. The molecule has 2 N–H and O–H groups in total. The van der Waals surface area contributed by atoms with Crippen LogP contribution in [0.5, 0.6) is 0 Å². The Morgan fingerprint density at radius 3 is 2.53 bits per heavy atom. The van der Waals surface area contributed by atoms with E-state index in [0.29, 0.717) is 5.82 Å². The summed E-state index contributed by atoms with van der Waals surface area (Å²) in [7, 11) is 0. The summed E-state index contributed by atoms with van der Waals surface area (Å²) in [5.74, 6) is 1.46. The van der Waals surface area contributed by atoms with Crippen LogP contribution < -0.4 is 5.73 Å². The zero-order chi connectivity index (χ0) is 12.4. The SMILES string of the molecule is Cc1c(N)nc(C(C)C)nc1-c1cnccn1. The van der Waals surface area contributed by atoms with Crippen molar-refractivity contribution in [3.8, 4) is 11.4 Å². The zero-order valence-corrected chi connectivity index (χ0v) is 10.2. The standard InChI is InChI=1S/C12H15N5/c1-7(2)12-16-10(8(3)11(13)17-12)9-6-14-4-5-15-9/h4-7H,1-3H3,(H2,13,16,17). The molecule has 0 aliphatic rings. The number of hydrogen-bond acceptors (Lipinski definition) is 5. The van der Waals surface area contributed by atoms with Gasteiger partial charge in [-0.3, -0.25) is 9.97 Å². The van der Waals surface area contributed by atoms with Crippen LogP contribution in [-0.4, -0.2) is 19.9 Å². The Bertz CT molecular complexity index is 522. The lowest BCUT2D eigenvalue weighted by atomic mass is 10.1. The van der Waals surface area contributed by atoms with Crippen molar-refractivity contribution in [2.45, 2.75) is 26.7 Å². The molecule has 17 heavy (non-hydrogen) atoms. The van der Waals surface area contributed by atoms with Gasteiger partial charge < -0.3 is 5.73 Å². The minimum atomic E-state index is 0.230. The first-order valence-electron chi connectivity index (χ1n) is 5.50. The van der Waals surface area contributed by atoms with E-state index in [9.17, 15) is 0 Å². The van der Waals surface area contributed by atoms with Gasteiger partial charge in [-0.05, 0) is 6.92 Å². The van der Waals surface area contributed by atoms with Crippen LogP contribution in [-0.2, 0) is 0 Å². The lowest BCUT2D eigenvalue weighted by molar-refractivity contribution is 0.775. The second-order valence-electron chi connectivity index (χ2n) is 4.19. The first-order chi connectivity index (χ1) is 8.09. The number of anilines is 1. The second kappa shape index (κ2) is 4.45. The molecule has 0 aliphatic heterocycles. The third-order valence-corrected chi connectivity index (χ3v) is 2.52. The molecule has 2 aromatic heterocycles. The van der Waals surface area contributed by atoms with E-state index in [4.69, 9.17) is 5.73 Å². The predicted octanol–water partition coefficient (Wildman–Crippen LogP) is 1.95. The zero-order valence-electron chi connectivity index (χ0n) is 10.2. The van der Waals surface area contributed by atoms with E-state index in [1.54, 1.807) is 18.6 Å². The maximum absolute atomic E-state index is 5.90. The summed E-state index contributed by atoms with van der Waals surface area (Å²) in [6, 6.07) is 0. The van der Waals surface area contributed by atoms with E-state index in [0.717, 1.165) is 22.8 Å². The van der Waals surface area contributed by atoms with Gasteiger partial charge in [-0.2, -0.15) is 0 Å². The lowest BCUT2D eigenvalue weighted by Gasteiger charge is -2.10. The van der Waals surface area contributed by atoms with Crippen LogP contribution in [0.1, 0.15) is 31.2 Å². The molecule has 5 heteroatoms. The first kappa shape index (κ1) is 11.4. The van der Waals surface area contributed by atoms with Crippen LogP contribution in [0, 0.1) is 6.92 Å². The fourth-order valence-corrected chi connectivity index (χ4v) is 1.48. The highest BCUT2D eigenvalue weighted by molar-refractivity contribution is 5.63. The highest BCUT2D eigenvalue weighted by Crippen LogP contribution is 2.23. The predicted molar refractivity (Wildman–Crippen MR) is 66.3 cm³/mol. The van der Waals surface area contributed by atoms with Crippen molar-refractivity contribution < 1.29 is 0 Å². The Labute approximate surface area is 100 Å². The maximum atomic E-state index is 5.90. The van der Waals surface area contributed by atoms with Crippen LogP contribution in [0.4, 0.5) is 5.82 Å². The largest absolute Gasteiger partial charge is 0.383 e. The minimum Gasteiger partial charge on any atom is -0.383 e. The molecular weight excluding hydrogens is 214 g/mol. The van der Waals surface area contributed by atoms with Gasteiger partial charge in [-0.1, -0.05) is 13.8 Å². The third-order valence-electron chi connectivity index (χ3n) is 2.52. The topological polar surface area (TPSA) is 77.6 Å². The average Bonchev–Trinajstić information content (AvgIpc) is 2.33. The average molecular weight is 229 g/mol. The third kappa shape index (κ3) is 2.22. The van der Waals surface area contributed by atoms with Crippen molar-refractivity contribution in [3.05, 3.63) is 30.0 Å². The van der Waals surface area contributed by atoms with Crippen molar-refractivity contribution in [2.75, 3.05) is 5.73 Å². The van der Waals surface area contributed by atoms with Crippen LogP contribution >= 0.6 is 0 Å². The fraction of sp³-hybridized carbons (Fsp3) is 0.333. The molecule has 0 saturated heterocycles. The molecule has 0 amide bonds. The van der Waals surface area contributed by atoms with Gasteiger partial charge in [-0.15, -0.1) is 0 Å². The molecule has 2 aromatic rings. The van der Waals surface area contributed by atoms with Crippen LogP contribution in [0.2, 0.25) is 0 Å². The van der Waals surface area contributed by atoms with Crippen LogP contribution in [0.15, 0.2) is 18.6 Å². The smallest absolute Gasteiger partial charge is 0.134 e. The number of aromatic nitrogens is 4. The number of nitrogens with zero attached hydrogens (tertiary/aromatic N) is 4. The van der Waals surface area contributed by atoms with Crippen molar-refractivity contribution in [1.29, 1.82) is 0 Å². The summed E-state index contributed by atoms with van der Waals surface area (Å²) >= 11 is 0. The van der Waals surface area contributed by atoms with Gasteiger partial charge in [-0.25, -0.2) is 9.97 Å². The minimum absolute atomic E-state index is 0.230. The second-order valence-corrected chi connectivity index (χ2v) is 4.19. The molecule has 0 radical (unpaired) electrons. The summed E-state index contributed by atoms with van der Waals surface area (Å²) in [4.78, 5) is 17.1. The Hall–Kier alpha value is -2.04. The highest BCUT2D eigenvalue weighted by atomic mass is 15.0. The Balaban J connectivity index is 2.61. The van der Waals surface area contributed by atoms with E-state index in [2.05, 4.69) is 19.9 Å². The van der Waals surface area contributed by atoms with E-state index in [1.807, 2.05) is 20.8 Å².